The number of hydrogen-bond acceptors (Lipinski definition) is 3. The average molecular weight is 309 g/mol. The number of benzene rings is 2. The Morgan fingerprint density at radius 2 is 1.83 bits per heavy atom. The summed E-state index contributed by atoms with van der Waals surface area (Å²) in [6.07, 6.45) is 3.55. The molecule has 3 nitrogen and oxygen atoms in total. The monoisotopic (exact) mass is 309 g/mol. The molecule has 0 aromatic heterocycles. The number of nitrogens with zero attached hydrogens (tertiary/aromatic N) is 1. The molecule has 0 spiro atoms. The van der Waals surface area contributed by atoms with Gasteiger partial charge in [-0.3, -0.25) is 4.99 Å². The molecule has 0 bridgehead atoms. The highest BCUT2D eigenvalue weighted by Gasteiger charge is 2.05. The maximum atomic E-state index is 5.64. The number of rotatable bonds is 7. The molecule has 0 aliphatic carbocycles. The number of aryl methyl sites for hydroxylation is 2. The molecular weight excluding hydrogens is 286 g/mol. The van der Waals surface area contributed by atoms with Gasteiger partial charge in [0.15, 0.2) is 11.5 Å². The van der Waals surface area contributed by atoms with Crippen molar-refractivity contribution in [3.05, 3.63) is 65.7 Å². The van der Waals surface area contributed by atoms with Crippen molar-refractivity contribution in [1.82, 2.24) is 0 Å². The van der Waals surface area contributed by atoms with Crippen LogP contribution in [-0.4, -0.2) is 19.4 Å². The molecule has 0 aliphatic heterocycles. The second kappa shape index (κ2) is 8.18. The summed E-state index contributed by atoms with van der Waals surface area (Å²) in [6.45, 7) is 10.8. The van der Waals surface area contributed by atoms with Crippen molar-refractivity contribution in [1.29, 1.82) is 0 Å². The lowest BCUT2D eigenvalue weighted by Gasteiger charge is -2.11. The van der Waals surface area contributed by atoms with Gasteiger partial charge in [0.25, 0.3) is 0 Å². The predicted molar refractivity (Wildman–Crippen MR) is 96.5 cm³/mol. The standard InChI is InChI=1S/C20H23NO2/c1-5-11-23-19-10-8-17(13-20(19)22-6-2)14-21-18-9-7-15(3)16(4)12-18/h5,7-10,12-14H,1,6,11H2,2-4H3. The largest absolute Gasteiger partial charge is 0.490 e. The molecule has 0 N–H and O–H groups in total. The van der Waals surface area contributed by atoms with Gasteiger partial charge in [-0.05, 0) is 67.8 Å². The third-order valence-electron chi connectivity index (χ3n) is 3.48. The van der Waals surface area contributed by atoms with Gasteiger partial charge in [-0.2, -0.15) is 0 Å². The third kappa shape index (κ3) is 4.71. The van der Waals surface area contributed by atoms with E-state index in [2.05, 4.69) is 37.6 Å². The summed E-state index contributed by atoms with van der Waals surface area (Å²) in [7, 11) is 0. The van der Waals surface area contributed by atoms with Gasteiger partial charge in [-0.25, -0.2) is 0 Å². The van der Waals surface area contributed by atoms with Crippen LogP contribution in [0.25, 0.3) is 0 Å². The van der Waals surface area contributed by atoms with E-state index in [0.29, 0.717) is 13.2 Å². The van der Waals surface area contributed by atoms with Crippen molar-refractivity contribution < 1.29 is 9.47 Å². The second-order valence-electron chi connectivity index (χ2n) is 5.27. The lowest BCUT2D eigenvalue weighted by molar-refractivity contribution is 0.297. The zero-order valence-electron chi connectivity index (χ0n) is 14.0. The van der Waals surface area contributed by atoms with Crippen LogP contribution >= 0.6 is 0 Å². The molecule has 23 heavy (non-hydrogen) atoms. The van der Waals surface area contributed by atoms with Gasteiger partial charge in [-0.15, -0.1) is 0 Å². The topological polar surface area (TPSA) is 30.8 Å². The second-order valence-corrected chi connectivity index (χ2v) is 5.27. The van der Waals surface area contributed by atoms with Crippen LogP contribution in [0.3, 0.4) is 0 Å². The maximum absolute atomic E-state index is 5.64. The van der Waals surface area contributed by atoms with Crippen LogP contribution in [0.15, 0.2) is 54.0 Å². The Kier molecular flexibility index (Phi) is 5.98. The summed E-state index contributed by atoms with van der Waals surface area (Å²) in [5, 5.41) is 0. The summed E-state index contributed by atoms with van der Waals surface area (Å²) >= 11 is 0. The first-order valence-corrected chi connectivity index (χ1v) is 7.76. The maximum Gasteiger partial charge on any atom is 0.161 e. The van der Waals surface area contributed by atoms with Crippen molar-refractivity contribution in [2.75, 3.05) is 13.2 Å². The fourth-order valence-corrected chi connectivity index (χ4v) is 2.10. The van der Waals surface area contributed by atoms with E-state index < -0.39 is 0 Å². The Balaban J connectivity index is 2.21. The molecule has 0 saturated heterocycles. The van der Waals surface area contributed by atoms with Crippen molar-refractivity contribution in [2.24, 2.45) is 4.99 Å². The third-order valence-corrected chi connectivity index (χ3v) is 3.48. The molecule has 120 valence electrons. The quantitative estimate of drug-likeness (QED) is 0.531. The van der Waals surface area contributed by atoms with Crippen LogP contribution in [0.5, 0.6) is 11.5 Å². The Labute approximate surface area is 138 Å². The van der Waals surface area contributed by atoms with Crippen molar-refractivity contribution in [3.8, 4) is 11.5 Å². The summed E-state index contributed by atoms with van der Waals surface area (Å²) in [5.74, 6) is 1.44. The van der Waals surface area contributed by atoms with E-state index >= 15 is 0 Å². The van der Waals surface area contributed by atoms with E-state index in [1.54, 1.807) is 6.08 Å². The fraction of sp³-hybridized carbons (Fsp3) is 0.250. The highest BCUT2D eigenvalue weighted by molar-refractivity contribution is 5.83. The molecule has 0 saturated carbocycles. The fourth-order valence-electron chi connectivity index (χ4n) is 2.10. The van der Waals surface area contributed by atoms with E-state index in [4.69, 9.17) is 9.47 Å². The van der Waals surface area contributed by atoms with Crippen LogP contribution in [0.1, 0.15) is 23.6 Å². The van der Waals surface area contributed by atoms with Crippen LogP contribution in [0, 0.1) is 13.8 Å². The smallest absolute Gasteiger partial charge is 0.161 e. The van der Waals surface area contributed by atoms with Gasteiger partial charge in [0.05, 0.1) is 12.3 Å². The van der Waals surface area contributed by atoms with Gasteiger partial charge >= 0.3 is 0 Å². The van der Waals surface area contributed by atoms with Crippen LogP contribution in [0.4, 0.5) is 5.69 Å². The summed E-state index contributed by atoms with van der Waals surface area (Å²) in [6, 6.07) is 12.0. The zero-order chi connectivity index (χ0) is 16.7. The van der Waals surface area contributed by atoms with Crippen molar-refractivity contribution >= 4 is 11.9 Å². The van der Waals surface area contributed by atoms with Crippen LogP contribution in [0.2, 0.25) is 0 Å². The SMILES string of the molecule is C=CCOc1ccc(C=Nc2ccc(C)c(C)c2)cc1OCC. The lowest BCUT2D eigenvalue weighted by atomic mass is 10.1. The first-order chi connectivity index (χ1) is 11.1. The minimum Gasteiger partial charge on any atom is -0.490 e. The molecule has 0 unspecified atom stereocenters. The van der Waals surface area contributed by atoms with Gasteiger partial charge < -0.3 is 9.47 Å². The Hall–Kier alpha value is -2.55. The minimum absolute atomic E-state index is 0.455. The molecule has 0 fully saturated rings. The molecule has 0 aliphatic rings. The van der Waals surface area contributed by atoms with Crippen molar-refractivity contribution in [2.45, 2.75) is 20.8 Å². The zero-order valence-corrected chi connectivity index (χ0v) is 14.0. The average Bonchev–Trinajstić information content (AvgIpc) is 2.55. The Morgan fingerprint density at radius 1 is 1.00 bits per heavy atom. The molecule has 0 atom stereocenters. The van der Waals surface area contributed by atoms with E-state index in [1.807, 2.05) is 37.4 Å². The molecule has 2 rings (SSSR count). The Bertz CT molecular complexity index is 705. The minimum atomic E-state index is 0.455. The summed E-state index contributed by atoms with van der Waals surface area (Å²) < 4.78 is 11.2. The van der Waals surface area contributed by atoms with Crippen LogP contribution < -0.4 is 9.47 Å². The summed E-state index contributed by atoms with van der Waals surface area (Å²) in [5.41, 5.74) is 4.42. The van der Waals surface area contributed by atoms with E-state index in [0.717, 1.165) is 22.7 Å². The molecule has 2 aromatic carbocycles. The predicted octanol–water partition coefficient (Wildman–Crippen LogP) is 5.02. The van der Waals surface area contributed by atoms with Gasteiger partial charge in [-0.1, -0.05) is 18.7 Å². The normalized spacial score (nSPS) is 10.7. The highest BCUT2D eigenvalue weighted by atomic mass is 16.5. The molecule has 3 heteroatoms. The first kappa shape index (κ1) is 16.8. The van der Waals surface area contributed by atoms with E-state index in [1.165, 1.54) is 11.1 Å². The number of aliphatic imine (C=N–C) groups is 1. The van der Waals surface area contributed by atoms with Crippen LogP contribution in [-0.2, 0) is 0 Å². The van der Waals surface area contributed by atoms with Gasteiger partial charge in [0, 0.05) is 6.21 Å². The molecular formula is C20H23NO2. The molecule has 2 aromatic rings. The van der Waals surface area contributed by atoms with E-state index in [9.17, 15) is 0 Å². The summed E-state index contributed by atoms with van der Waals surface area (Å²) in [4.78, 5) is 4.53. The van der Waals surface area contributed by atoms with Gasteiger partial charge in [0.2, 0.25) is 0 Å². The molecule has 0 radical (unpaired) electrons. The van der Waals surface area contributed by atoms with Gasteiger partial charge in [0.1, 0.15) is 6.61 Å². The molecule has 0 heterocycles. The first-order valence-electron chi connectivity index (χ1n) is 7.76. The number of hydrogen-bond donors (Lipinski definition) is 0. The van der Waals surface area contributed by atoms with Crippen molar-refractivity contribution in [3.63, 3.8) is 0 Å². The number of ether oxygens (including phenoxy) is 2. The molecule has 0 amide bonds. The van der Waals surface area contributed by atoms with E-state index in [-0.39, 0.29) is 0 Å². The lowest BCUT2D eigenvalue weighted by Crippen LogP contribution is -1.99. The highest BCUT2D eigenvalue weighted by Crippen LogP contribution is 2.28. The Morgan fingerprint density at radius 3 is 2.52 bits per heavy atom.